The summed E-state index contributed by atoms with van der Waals surface area (Å²) in [5.41, 5.74) is 13.8. The summed E-state index contributed by atoms with van der Waals surface area (Å²) in [6.07, 6.45) is 11.9. The average molecular weight is 757 g/mol. The van der Waals surface area contributed by atoms with Crippen LogP contribution in [-0.4, -0.2) is 6.04 Å². The molecule has 0 radical (unpaired) electrons. The molecule has 2 heteroatoms. The second-order valence-electron chi connectivity index (χ2n) is 16.1. The topological polar surface area (TPSA) is 6.48 Å². The molecule has 0 bridgehead atoms. The van der Waals surface area contributed by atoms with E-state index < -0.39 is 0 Å². The molecule has 4 unspecified atom stereocenters. The van der Waals surface area contributed by atoms with Gasteiger partial charge in [0.1, 0.15) is 0 Å². The largest absolute Gasteiger partial charge is 0.337 e. The van der Waals surface area contributed by atoms with Crippen LogP contribution < -0.4 is 9.80 Å². The minimum Gasteiger partial charge on any atom is -0.337 e. The van der Waals surface area contributed by atoms with Gasteiger partial charge in [-0.25, -0.2) is 0 Å². The van der Waals surface area contributed by atoms with Gasteiger partial charge >= 0.3 is 0 Å². The maximum atomic E-state index is 2.64. The van der Waals surface area contributed by atoms with Crippen molar-refractivity contribution in [1.29, 1.82) is 0 Å². The minimum absolute atomic E-state index is 0.207. The van der Waals surface area contributed by atoms with Crippen LogP contribution in [0.4, 0.5) is 22.7 Å². The van der Waals surface area contributed by atoms with Crippen LogP contribution in [-0.2, 0) is 0 Å². The summed E-state index contributed by atoms with van der Waals surface area (Å²) in [6, 6.07) is 71.4. The third-order valence-electron chi connectivity index (χ3n) is 12.7. The van der Waals surface area contributed by atoms with Crippen molar-refractivity contribution >= 4 is 49.9 Å². The zero-order chi connectivity index (χ0) is 39.3. The number of allylic oxidation sites excluding steroid dienone is 5. The quantitative estimate of drug-likeness (QED) is 0.149. The highest BCUT2D eigenvalue weighted by Crippen LogP contribution is 2.55. The van der Waals surface area contributed by atoms with Crippen molar-refractivity contribution in [3.8, 4) is 11.1 Å². The van der Waals surface area contributed by atoms with Crippen LogP contribution in [0.1, 0.15) is 24.0 Å². The normalized spacial score (nSPS) is 19.5. The Morgan fingerprint density at radius 2 is 1.15 bits per heavy atom. The fourth-order valence-corrected chi connectivity index (χ4v) is 10.1. The van der Waals surface area contributed by atoms with E-state index in [1.807, 2.05) is 0 Å². The van der Waals surface area contributed by atoms with Crippen molar-refractivity contribution in [2.45, 2.75) is 18.9 Å². The van der Waals surface area contributed by atoms with Crippen molar-refractivity contribution in [2.75, 3.05) is 9.80 Å². The van der Waals surface area contributed by atoms with Gasteiger partial charge in [0.25, 0.3) is 0 Å². The maximum absolute atomic E-state index is 2.64. The number of hydrogen-bond acceptors (Lipinski definition) is 2. The van der Waals surface area contributed by atoms with E-state index in [0.717, 1.165) is 17.1 Å². The van der Waals surface area contributed by atoms with Gasteiger partial charge in [-0.05, 0) is 91.8 Å². The van der Waals surface area contributed by atoms with E-state index >= 15 is 0 Å². The lowest BCUT2D eigenvalue weighted by Crippen LogP contribution is -2.35. The van der Waals surface area contributed by atoms with Crippen molar-refractivity contribution in [3.05, 3.63) is 247 Å². The van der Waals surface area contributed by atoms with Gasteiger partial charge in [-0.3, -0.25) is 0 Å². The molecule has 0 spiro atoms. The minimum atomic E-state index is 0.207. The first-order valence-electron chi connectivity index (χ1n) is 20.9. The molecule has 1 aliphatic heterocycles. The van der Waals surface area contributed by atoms with Gasteiger partial charge in [-0.2, -0.15) is 0 Å². The van der Waals surface area contributed by atoms with Crippen molar-refractivity contribution in [3.63, 3.8) is 0 Å². The van der Waals surface area contributed by atoms with Crippen molar-refractivity contribution < 1.29 is 0 Å². The van der Waals surface area contributed by atoms with Crippen molar-refractivity contribution in [2.24, 2.45) is 11.8 Å². The van der Waals surface area contributed by atoms with Gasteiger partial charge < -0.3 is 9.80 Å². The van der Waals surface area contributed by atoms with Crippen molar-refractivity contribution in [1.82, 2.24) is 0 Å². The number of rotatable bonds is 7. The van der Waals surface area contributed by atoms with Crippen LogP contribution in [0.2, 0.25) is 0 Å². The Hall–Kier alpha value is -7.16. The molecular formula is C57H44N2. The van der Waals surface area contributed by atoms with Crippen LogP contribution in [0.3, 0.4) is 0 Å². The predicted octanol–water partition coefficient (Wildman–Crippen LogP) is 14.8. The molecule has 0 aromatic heterocycles. The van der Waals surface area contributed by atoms with E-state index in [9.17, 15) is 0 Å². The molecule has 11 rings (SSSR count). The first kappa shape index (κ1) is 35.0. The van der Waals surface area contributed by atoms with Crippen LogP contribution in [0.25, 0.3) is 38.2 Å². The monoisotopic (exact) mass is 756 g/mol. The Labute approximate surface area is 347 Å². The lowest BCUT2D eigenvalue weighted by atomic mass is 9.73. The fraction of sp³-hybridized carbons (Fsp3) is 0.0877. The summed E-state index contributed by atoms with van der Waals surface area (Å²) in [6.45, 7) is 2.43. The molecule has 0 saturated heterocycles. The first-order chi connectivity index (χ1) is 29.2. The molecule has 0 N–H and O–H groups in total. The van der Waals surface area contributed by atoms with Crippen LogP contribution in [0.5, 0.6) is 0 Å². The smallest absolute Gasteiger partial charge is 0.0626 e. The summed E-state index contributed by atoms with van der Waals surface area (Å²) in [4.78, 5) is 5.10. The van der Waals surface area contributed by atoms with Crippen LogP contribution in [0.15, 0.2) is 236 Å². The van der Waals surface area contributed by atoms with Gasteiger partial charge in [0.05, 0.1) is 11.7 Å². The zero-order valence-corrected chi connectivity index (χ0v) is 33.1. The molecule has 8 aromatic carbocycles. The number of para-hydroxylation sites is 2. The number of benzene rings is 8. The van der Waals surface area contributed by atoms with E-state index in [-0.39, 0.29) is 23.8 Å². The lowest BCUT2D eigenvalue weighted by molar-refractivity contribution is 0.577. The molecule has 0 saturated carbocycles. The van der Waals surface area contributed by atoms with Crippen LogP contribution >= 0.6 is 0 Å². The summed E-state index contributed by atoms with van der Waals surface area (Å²) in [5, 5.41) is 5.01. The molecule has 0 amide bonds. The van der Waals surface area contributed by atoms with E-state index in [0.29, 0.717) is 0 Å². The van der Waals surface area contributed by atoms with Crippen LogP contribution in [0, 0.1) is 11.8 Å². The van der Waals surface area contributed by atoms with Gasteiger partial charge in [-0.1, -0.05) is 189 Å². The highest BCUT2D eigenvalue weighted by molar-refractivity contribution is 6.09. The molecule has 1 heterocycles. The Morgan fingerprint density at radius 3 is 2.00 bits per heavy atom. The Morgan fingerprint density at radius 1 is 0.492 bits per heavy atom. The average Bonchev–Trinajstić information content (AvgIpc) is 3.66. The standard InChI is InChI=1S/C57H44N2/c1-39-52(41-20-7-3-8-21-41)38-53(56-51-29-14-16-31-55(51)59(57(39)56)45-24-9-4-10-25-45)43-23-17-26-46(36-43)58(54-30-15-13-28-50(54)40-18-5-2-6-19-40)47-34-35-49-44(37-47)33-32-42-22-11-12-27-48(42)49/h2-39,51-52,55H,1H3. The Bertz CT molecular complexity index is 2970. The third-order valence-corrected chi connectivity index (χ3v) is 12.7. The van der Waals surface area contributed by atoms with Gasteiger partial charge in [-0.15, -0.1) is 0 Å². The summed E-state index contributed by atoms with van der Waals surface area (Å²) in [7, 11) is 0. The van der Waals surface area contributed by atoms with E-state index in [4.69, 9.17) is 0 Å². The number of anilines is 4. The molecule has 282 valence electrons. The fourth-order valence-electron chi connectivity index (χ4n) is 10.1. The predicted molar refractivity (Wildman–Crippen MR) is 249 cm³/mol. The van der Waals surface area contributed by atoms with Gasteiger partial charge in [0.15, 0.2) is 0 Å². The number of hydrogen-bond donors (Lipinski definition) is 0. The van der Waals surface area contributed by atoms with E-state index in [1.54, 1.807) is 0 Å². The van der Waals surface area contributed by atoms with E-state index in [1.165, 1.54) is 66.3 Å². The Balaban J connectivity index is 1.12. The molecular weight excluding hydrogens is 713 g/mol. The highest BCUT2D eigenvalue weighted by atomic mass is 15.2. The highest BCUT2D eigenvalue weighted by Gasteiger charge is 2.46. The molecule has 4 atom stereocenters. The second-order valence-corrected chi connectivity index (χ2v) is 16.1. The van der Waals surface area contributed by atoms with Gasteiger partial charge in [0, 0.05) is 46.1 Å². The van der Waals surface area contributed by atoms with Gasteiger partial charge in [0.2, 0.25) is 0 Å². The summed E-state index contributed by atoms with van der Waals surface area (Å²) < 4.78 is 0. The SMILES string of the molecule is CC1C2=C(C(c3cccc(N(c4ccc5c(ccc6ccccc65)c4)c4ccccc4-c4ccccc4)c3)=CC1c1ccccc1)C1C=CC=CC1N2c1ccccc1. The molecule has 0 fully saturated rings. The lowest BCUT2D eigenvalue weighted by Gasteiger charge is -2.36. The van der Waals surface area contributed by atoms with E-state index in [2.05, 4.69) is 241 Å². The maximum Gasteiger partial charge on any atom is 0.0626 e. The third kappa shape index (κ3) is 6.03. The molecule has 2 nitrogen and oxygen atoms in total. The molecule has 59 heavy (non-hydrogen) atoms. The Kier molecular flexibility index (Phi) is 8.70. The zero-order valence-electron chi connectivity index (χ0n) is 33.1. The molecule has 3 aliphatic rings. The molecule has 8 aromatic rings. The summed E-state index contributed by atoms with van der Waals surface area (Å²) in [5.74, 6) is 0.711. The first-order valence-corrected chi connectivity index (χ1v) is 20.9. The second kappa shape index (κ2) is 14.7. The summed E-state index contributed by atoms with van der Waals surface area (Å²) >= 11 is 0. The number of nitrogens with zero attached hydrogens (tertiary/aromatic N) is 2. The number of fused-ring (bicyclic) bond motifs is 5. The molecule has 2 aliphatic carbocycles.